The third-order valence-electron chi connectivity index (χ3n) is 5.15. The normalized spacial score (nSPS) is 14.5. The Kier molecular flexibility index (Phi) is 5.10. The fraction of sp³-hybridized carbons (Fsp3) is 0.364. The topological polar surface area (TPSA) is 49.6 Å². The highest BCUT2D eigenvalue weighted by Crippen LogP contribution is 2.23. The molecule has 3 aromatic rings. The zero-order chi connectivity index (χ0) is 18.6. The third-order valence-corrected chi connectivity index (χ3v) is 5.15. The summed E-state index contributed by atoms with van der Waals surface area (Å²) in [6, 6.07) is 14.0. The number of rotatable bonds is 5. The Bertz CT molecular complexity index is 923. The van der Waals surface area contributed by atoms with Gasteiger partial charge in [-0.1, -0.05) is 19.4 Å². The van der Waals surface area contributed by atoms with Crippen LogP contribution in [0.1, 0.15) is 48.8 Å². The van der Waals surface area contributed by atoms with Crippen molar-refractivity contribution >= 4 is 22.9 Å². The number of imidazole rings is 1. The number of anilines is 2. The van der Waals surface area contributed by atoms with E-state index in [1.807, 2.05) is 40.9 Å². The summed E-state index contributed by atoms with van der Waals surface area (Å²) in [5.41, 5.74) is 4.34. The number of benzene rings is 1. The molecule has 140 valence electrons. The Hall–Kier alpha value is -2.82. The predicted molar refractivity (Wildman–Crippen MR) is 110 cm³/mol. The lowest BCUT2D eigenvalue weighted by Crippen LogP contribution is -2.29. The molecule has 1 aliphatic heterocycles. The number of aromatic nitrogens is 2. The SMILES string of the molecule is CCCc1nc2ccccn2c1C(=O)Nc1ccc(N2CCCCC2)cc1. The van der Waals surface area contributed by atoms with E-state index >= 15 is 0 Å². The Morgan fingerprint density at radius 2 is 1.85 bits per heavy atom. The molecule has 4 rings (SSSR count). The van der Waals surface area contributed by atoms with Gasteiger partial charge in [-0.25, -0.2) is 4.98 Å². The number of nitrogens with zero attached hydrogens (tertiary/aromatic N) is 3. The molecule has 1 N–H and O–H groups in total. The molecule has 1 amide bonds. The highest BCUT2D eigenvalue weighted by molar-refractivity contribution is 6.04. The van der Waals surface area contributed by atoms with Crippen LogP contribution in [0.3, 0.4) is 0 Å². The van der Waals surface area contributed by atoms with Crippen LogP contribution in [-0.2, 0) is 6.42 Å². The van der Waals surface area contributed by atoms with Crippen LogP contribution in [0.15, 0.2) is 48.7 Å². The molecule has 1 aliphatic rings. The molecule has 1 saturated heterocycles. The van der Waals surface area contributed by atoms with Crippen molar-refractivity contribution in [2.75, 3.05) is 23.3 Å². The van der Waals surface area contributed by atoms with Gasteiger partial charge in [0.15, 0.2) is 0 Å². The number of hydrogen-bond acceptors (Lipinski definition) is 3. The van der Waals surface area contributed by atoms with E-state index in [1.165, 1.54) is 24.9 Å². The van der Waals surface area contributed by atoms with Crippen LogP contribution in [0.5, 0.6) is 0 Å². The number of carbonyl (C=O) groups excluding carboxylic acids is 1. The van der Waals surface area contributed by atoms with E-state index in [9.17, 15) is 4.79 Å². The highest BCUT2D eigenvalue weighted by atomic mass is 16.2. The molecule has 1 fully saturated rings. The number of carbonyl (C=O) groups is 1. The van der Waals surface area contributed by atoms with Crippen LogP contribution in [0, 0.1) is 0 Å². The van der Waals surface area contributed by atoms with Crippen LogP contribution < -0.4 is 10.2 Å². The van der Waals surface area contributed by atoms with Crippen molar-refractivity contribution in [3.8, 4) is 0 Å². The molecule has 5 heteroatoms. The van der Waals surface area contributed by atoms with Gasteiger partial charge in [-0.2, -0.15) is 0 Å². The van der Waals surface area contributed by atoms with Gasteiger partial charge in [0, 0.05) is 30.7 Å². The van der Waals surface area contributed by atoms with Gasteiger partial charge in [-0.15, -0.1) is 0 Å². The quantitative estimate of drug-likeness (QED) is 0.725. The number of piperidine rings is 1. The van der Waals surface area contributed by atoms with E-state index in [4.69, 9.17) is 0 Å². The lowest BCUT2D eigenvalue weighted by Gasteiger charge is -2.28. The number of nitrogens with one attached hydrogen (secondary N) is 1. The summed E-state index contributed by atoms with van der Waals surface area (Å²) in [5, 5.41) is 3.05. The first kappa shape index (κ1) is 17.6. The lowest BCUT2D eigenvalue weighted by atomic mass is 10.1. The zero-order valence-electron chi connectivity index (χ0n) is 15.8. The summed E-state index contributed by atoms with van der Waals surface area (Å²) in [7, 11) is 0. The zero-order valence-corrected chi connectivity index (χ0v) is 15.8. The summed E-state index contributed by atoms with van der Waals surface area (Å²) < 4.78 is 1.88. The molecule has 1 aromatic carbocycles. The fourth-order valence-corrected chi connectivity index (χ4v) is 3.79. The van der Waals surface area contributed by atoms with Gasteiger partial charge in [-0.05, 0) is 62.1 Å². The van der Waals surface area contributed by atoms with Gasteiger partial charge in [-0.3, -0.25) is 9.20 Å². The number of hydrogen-bond donors (Lipinski definition) is 1. The number of amides is 1. The van der Waals surface area contributed by atoms with E-state index in [2.05, 4.69) is 34.3 Å². The molecular weight excluding hydrogens is 336 g/mol. The average Bonchev–Trinajstić information content (AvgIpc) is 3.07. The summed E-state index contributed by atoms with van der Waals surface area (Å²) in [5.74, 6) is -0.108. The predicted octanol–water partition coefficient (Wildman–Crippen LogP) is 4.53. The molecule has 27 heavy (non-hydrogen) atoms. The molecule has 0 spiro atoms. The lowest BCUT2D eigenvalue weighted by molar-refractivity contribution is 0.102. The maximum Gasteiger partial charge on any atom is 0.274 e. The fourth-order valence-electron chi connectivity index (χ4n) is 3.79. The molecule has 0 unspecified atom stereocenters. The van der Waals surface area contributed by atoms with Crippen LogP contribution in [0.4, 0.5) is 11.4 Å². The second kappa shape index (κ2) is 7.82. The summed E-state index contributed by atoms with van der Waals surface area (Å²) in [4.78, 5) is 20.0. The van der Waals surface area contributed by atoms with E-state index in [1.54, 1.807) is 0 Å². The van der Waals surface area contributed by atoms with Crippen LogP contribution in [-0.4, -0.2) is 28.4 Å². The van der Waals surface area contributed by atoms with Crippen molar-refractivity contribution in [3.63, 3.8) is 0 Å². The molecule has 5 nitrogen and oxygen atoms in total. The molecular formula is C22H26N4O. The van der Waals surface area contributed by atoms with Gasteiger partial charge >= 0.3 is 0 Å². The van der Waals surface area contributed by atoms with Gasteiger partial charge in [0.2, 0.25) is 0 Å². The smallest absolute Gasteiger partial charge is 0.274 e. The van der Waals surface area contributed by atoms with E-state index in [0.29, 0.717) is 5.69 Å². The number of fused-ring (bicyclic) bond motifs is 1. The minimum Gasteiger partial charge on any atom is -0.372 e. The summed E-state index contributed by atoms with van der Waals surface area (Å²) in [6.45, 7) is 4.34. The second-order valence-electron chi connectivity index (χ2n) is 7.13. The highest BCUT2D eigenvalue weighted by Gasteiger charge is 2.19. The van der Waals surface area contributed by atoms with Crippen molar-refractivity contribution in [1.82, 2.24) is 9.38 Å². The minimum atomic E-state index is -0.108. The van der Waals surface area contributed by atoms with E-state index in [0.717, 1.165) is 43.0 Å². The Labute approximate surface area is 160 Å². The summed E-state index contributed by atoms with van der Waals surface area (Å²) >= 11 is 0. The summed E-state index contributed by atoms with van der Waals surface area (Å²) in [6.07, 6.45) is 7.48. The van der Waals surface area contributed by atoms with Crippen molar-refractivity contribution in [2.45, 2.75) is 39.0 Å². The molecule has 2 aromatic heterocycles. The molecule has 3 heterocycles. The Balaban J connectivity index is 1.55. The first-order valence-electron chi connectivity index (χ1n) is 9.88. The van der Waals surface area contributed by atoms with E-state index in [-0.39, 0.29) is 5.91 Å². The van der Waals surface area contributed by atoms with Gasteiger partial charge in [0.1, 0.15) is 11.3 Å². The second-order valence-corrected chi connectivity index (χ2v) is 7.13. The largest absolute Gasteiger partial charge is 0.372 e. The van der Waals surface area contributed by atoms with Crippen molar-refractivity contribution in [2.24, 2.45) is 0 Å². The van der Waals surface area contributed by atoms with Crippen LogP contribution in [0.2, 0.25) is 0 Å². The molecule has 0 saturated carbocycles. The minimum absolute atomic E-state index is 0.108. The molecule has 0 radical (unpaired) electrons. The standard InChI is InChI=1S/C22H26N4O/c1-2-8-19-21(26-16-7-4-9-20(26)24-19)22(27)23-17-10-12-18(13-11-17)25-14-5-3-6-15-25/h4,7,9-13,16H,2-3,5-6,8,14-15H2,1H3,(H,23,27). The monoisotopic (exact) mass is 362 g/mol. The Morgan fingerprint density at radius 1 is 1.07 bits per heavy atom. The first-order chi connectivity index (χ1) is 13.3. The Morgan fingerprint density at radius 3 is 2.59 bits per heavy atom. The van der Waals surface area contributed by atoms with E-state index < -0.39 is 0 Å². The number of aryl methyl sites for hydroxylation is 1. The van der Waals surface area contributed by atoms with Crippen molar-refractivity contribution < 1.29 is 4.79 Å². The van der Waals surface area contributed by atoms with Crippen LogP contribution >= 0.6 is 0 Å². The van der Waals surface area contributed by atoms with Crippen LogP contribution in [0.25, 0.3) is 5.65 Å². The number of pyridine rings is 1. The van der Waals surface area contributed by atoms with Gasteiger partial charge < -0.3 is 10.2 Å². The molecule has 0 atom stereocenters. The third kappa shape index (κ3) is 3.68. The maximum absolute atomic E-state index is 13.0. The van der Waals surface area contributed by atoms with Crippen molar-refractivity contribution in [3.05, 3.63) is 60.0 Å². The molecule has 0 bridgehead atoms. The van der Waals surface area contributed by atoms with Crippen molar-refractivity contribution in [1.29, 1.82) is 0 Å². The maximum atomic E-state index is 13.0. The van der Waals surface area contributed by atoms with Gasteiger partial charge in [0.25, 0.3) is 5.91 Å². The average molecular weight is 362 g/mol. The first-order valence-corrected chi connectivity index (χ1v) is 9.88. The molecule has 0 aliphatic carbocycles. The van der Waals surface area contributed by atoms with Gasteiger partial charge in [0.05, 0.1) is 5.69 Å².